The van der Waals surface area contributed by atoms with Gasteiger partial charge in [0.2, 0.25) is 0 Å². The summed E-state index contributed by atoms with van der Waals surface area (Å²) in [5.74, 6) is 0.580. The zero-order valence-electron chi connectivity index (χ0n) is 10.0. The summed E-state index contributed by atoms with van der Waals surface area (Å²) in [5, 5.41) is 0. The van der Waals surface area contributed by atoms with Crippen LogP contribution in [-0.4, -0.2) is 9.55 Å². The molecule has 3 rings (SSSR count). The highest BCUT2D eigenvalue weighted by Gasteiger charge is 2.25. The molecule has 0 aliphatic heterocycles. The standard InChI is InChI=1S/C13H14BrFN2S/c1-7(4-8-2-3-8)17-12-6-10(15)9(14)5-11(12)16-13(17)18/h5-8H,2-4H2,1H3,(H,16,18). The summed E-state index contributed by atoms with van der Waals surface area (Å²) in [7, 11) is 0. The quantitative estimate of drug-likeness (QED) is 0.789. The molecule has 1 N–H and O–H groups in total. The van der Waals surface area contributed by atoms with Gasteiger partial charge in [0.05, 0.1) is 15.5 Å². The van der Waals surface area contributed by atoms with Crippen molar-refractivity contribution in [3.8, 4) is 0 Å². The van der Waals surface area contributed by atoms with Gasteiger partial charge in [-0.3, -0.25) is 0 Å². The predicted molar refractivity (Wildman–Crippen MR) is 76.8 cm³/mol. The van der Waals surface area contributed by atoms with Crippen LogP contribution in [0.5, 0.6) is 0 Å². The van der Waals surface area contributed by atoms with Crippen LogP contribution in [0.2, 0.25) is 0 Å². The Bertz CT molecular complexity index is 657. The Morgan fingerprint density at radius 3 is 2.94 bits per heavy atom. The average Bonchev–Trinajstić information content (AvgIpc) is 3.03. The fourth-order valence-electron chi connectivity index (χ4n) is 2.50. The second-order valence-corrected chi connectivity index (χ2v) is 6.35. The number of imidazole rings is 1. The summed E-state index contributed by atoms with van der Waals surface area (Å²) < 4.78 is 16.9. The molecule has 5 heteroatoms. The number of benzene rings is 1. The molecule has 1 aromatic carbocycles. The largest absolute Gasteiger partial charge is 0.331 e. The molecule has 0 radical (unpaired) electrons. The molecule has 1 fully saturated rings. The fourth-order valence-corrected chi connectivity index (χ4v) is 3.23. The van der Waals surface area contributed by atoms with Crippen molar-refractivity contribution in [3.05, 3.63) is 27.2 Å². The van der Waals surface area contributed by atoms with E-state index in [1.165, 1.54) is 12.8 Å². The number of hydrogen-bond acceptors (Lipinski definition) is 1. The van der Waals surface area contributed by atoms with Crippen LogP contribution in [-0.2, 0) is 0 Å². The third-order valence-corrected chi connectivity index (χ3v) is 4.48. The van der Waals surface area contributed by atoms with Crippen molar-refractivity contribution in [2.45, 2.75) is 32.2 Å². The lowest BCUT2D eigenvalue weighted by Gasteiger charge is -2.14. The Balaban J connectivity index is 2.11. The average molecular weight is 329 g/mol. The molecule has 1 unspecified atom stereocenters. The van der Waals surface area contributed by atoms with Gasteiger partial charge in [-0.15, -0.1) is 0 Å². The van der Waals surface area contributed by atoms with Crippen LogP contribution in [0.25, 0.3) is 11.0 Å². The first-order valence-electron chi connectivity index (χ1n) is 6.15. The van der Waals surface area contributed by atoms with Gasteiger partial charge in [-0.1, -0.05) is 12.8 Å². The first-order chi connectivity index (χ1) is 8.56. The van der Waals surface area contributed by atoms with Gasteiger partial charge in [0.25, 0.3) is 0 Å². The molecule has 2 aromatic rings. The maximum Gasteiger partial charge on any atom is 0.178 e. The summed E-state index contributed by atoms with van der Waals surface area (Å²) in [6.45, 7) is 2.15. The van der Waals surface area contributed by atoms with E-state index < -0.39 is 0 Å². The molecule has 1 aliphatic carbocycles. The molecule has 2 nitrogen and oxygen atoms in total. The third kappa shape index (κ3) is 2.14. The summed E-state index contributed by atoms with van der Waals surface area (Å²) >= 11 is 8.56. The van der Waals surface area contributed by atoms with E-state index in [2.05, 4.69) is 27.8 Å². The van der Waals surface area contributed by atoms with Crippen molar-refractivity contribution >= 4 is 39.2 Å². The van der Waals surface area contributed by atoms with Crippen LogP contribution in [0, 0.1) is 16.5 Å². The topological polar surface area (TPSA) is 20.7 Å². The molecule has 0 amide bonds. The molecule has 96 valence electrons. The van der Waals surface area contributed by atoms with Crippen LogP contribution in [0.4, 0.5) is 4.39 Å². The number of rotatable bonds is 3. The predicted octanol–water partition coefficient (Wildman–Crippen LogP) is 4.96. The Labute approximate surface area is 118 Å². The second-order valence-electron chi connectivity index (χ2n) is 5.11. The smallest absolute Gasteiger partial charge is 0.178 e. The molecular formula is C13H14BrFN2S. The van der Waals surface area contributed by atoms with E-state index in [-0.39, 0.29) is 5.82 Å². The molecule has 0 bridgehead atoms. The number of H-pyrrole nitrogens is 1. The van der Waals surface area contributed by atoms with Crippen molar-refractivity contribution in [3.63, 3.8) is 0 Å². The molecule has 0 saturated heterocycles. The minimum absolute atomic E-state index is 0.246. The van der Waals surface area contributed by atoms with Gasteiger partial charge < -0.3 is 9.55 Å². The van der Waals surface area contributed by atoms with E-state index in [1.54, 1.807) is 12.1 Å². The van der Waals surface area contributed by atoms with Crippen molar-refractivity contribution in [1.29, 1.82) is 0 Å². The van der Waals surface area contributed by atoms with Crippen molar-refractivity contribution in [2.24, 2.45) is 5.92 Å². The lowest BCUT2D eigenvalue weighted by molar-refractivity contribution is 0.482. The van der Waals surface area contributed by atoms with E-state index in [4.69, 9.17) is 12.2 Å². The van der Waals surface area contributed by atoms with Crippen LogP contribution in [0.1, 0.15) is 32.2 Å². The molecular weight excluding hydrogens is 315 g/mol. The zero-order chi connectivity index (χ0) is 12.9. The minimum Gasteiger partial charge on any atom is -0.331 e. The Kier molecular flexibility index (Phi) is 3.06. The maximum atomic E-state index is 13.7. The van der Waals surface area contributed by atoms with Crippen LogP contribution in [0.15, 0.2) is 16.6 Å². The Morgan fingerprint density at radius 2 is 2.28 bits per heavy atom. The van der Waals surface area contributed by atoms with Crippen molar-refractivity contribution in [2.75, 3.05) is 0 Å². The lowest BCUT2D eigenvalue weighted by atomic mass is 10.1. The van der Waals surface area contributed by atoms with Crippen LogP contribution < -0.4 is 0 Å². The van der Waals surface area contributed by atoms with Crippen molar-refractivity contribution < 1.29 is 4.39 Å². The molecule has 1 aromatic heterocycles. The minimum atomic E-state index is -0.246. The van der Waals surface area contributed by atoms with E-state index in [0.717, 1.165) is 23.4 Å². The van der Waals surface area contributed by atoms with Gasteiger partial charge in [0, 0.05) is 12.1 Å². The summed E-state index contributed by atoms with van der Waals surface area (Å²) in [6.07, 6.45) is 3.76. The Morgan fingerprint density at radius 1 is 1.56 bits per heavy atom. The van der Waals surface area contributed by atoms with Gasteiger partial charge in [0.1, 0.15) is 5.82 Å². The van der Waals surface area contributed by atoms with Gasteiger partial charge in [0.15, 0.2) is 4.77 Å². The molecule has 1 aliphatic rings. The highest BCUT2D eigenvalue weighted by atomic mass is 79.9. The van der Waals surface area contributed by atoms with Crippen molar-refractivity contribution in [1.82, 2.24) is 9.55 Å². The van der Waals surface area contributed by atoms with Gasteiger partial charge in [-0.2, -0.15) is 0 Å². The molecule has 1 saturated carbocycles. The number of aromatic amines is 1. The van der Waals surface area contributed by atoms with E-state index in [1.807, 2.05) is 4.57 Å². The normalized spacial score (nSPS) is 17.3. The highest BCUT2D eigenvalue weighted by molar-refractivity contribution is 9.10. The first kappa shape index (κ1) is 12.4. The number of nitrogens with zero attached hydrogens (tertiary/aromatic N) is 1. The molecule has 1 heterocycles. The summed E-state index contributed by atoms with van der Waals surface area (Å²) in [4.78, 5) is 3.15. The fraction of sp³-hybridized carbons (Fsp3) is 0.462. The maximum absolute atomic E-state index is 13.7. The number of nitrogens with one attached hydrogen (secondary N) is 1. The number of halogens is 2. The zero-order valence-corrected chi connectivity index (χ0v) is 12.4. The Hall–Kier alpha value is -0.680. The first-order valence-corrected chi connectivity index (χ1v) is 7.35. The number of fused-ring (bicyclic) bond motifs is 1. The second kappa shape index (κ2) is 4.46. The highest BCUT2D eigenvalue weighted by Crippen LogP contribution is 2.37. The third-order valence-electron chi connectivity index (χ3n) is 3.57. The summed E-state index contributed by atoms with van der Waals surface area (Å²) in [6, 6.07) is 3.62. The van der Waals surface area contributed by atoms with Crippen LogP contribution >= 0.6 is 28.1 Å². The van der Waals surface area contributed by atoms with E-state index in [0.29, 0.717) is 15.3 Å². The van der Waals surface area contributed by atoms with Crippen LogP contribution in [0.3, 0.4) is 0 Å². The van der Waals surface area contributed by atoms with Gasteiger partial charge >= 0.3 is 0 Å². The lowest BCUT2D eigenvalue weighted by Crippen LogP contribution is -2.06. The number of aromatic nitrogens is 2. The van der Waals surface area contributed by atoms with E-state index >= 15 is 0 Å². The molecule has 18 heavy (non-hydrogen) atoms. The van der Waals surface area contributed by atoms with Gasteiger partial charge in [-0.05, 0) is 53.5 Å². The molecule has 1 atom stereocenters. The molecule has 0 spiro atoms. The number of hydrogen-bond donors (Lipinski definition) is 1. The van der Waals surface area contributed by atoms with E-state index in [9.17, 15) is 4.39 Å². The monoisotopic (exact) mass is 328 g/mol. The van der Waals surface area contributed by atoms with Gasteiger partial charge in [-0.25, -0.2) is 4.39 Å². The SMILES string of the molecule is CC(CC1CC1)n1c(=S)[nH]c2cc(Br)c(F)cc21. The summed E-state index contributed by atoms with van der Waals surface area (Å²) in [5.41, 5.74) is 1.74.